The van der Waals surface area contributed by atoms with E-state index in [1.165, 1.54) is 28.2 Å². The van der Waals surface area contributed by atoms with E-state index in [2.05, 4.69) is 27.8 Å². The lowest BCUT2D eigenvalue weighted by Crippen LogP contribution is -2.24. The van der Waals surface area contributed by atoms with Crippen molar-refractivity contribution in [1.82, 2.24) is 0 Å². The number of ether oxygens (including phenoxy) is 2. The summed E-state index contributed by atoms with van der Waals surface area (Å²) in [4.78, 5) is 13.5. The highest BCUT2D eigenvalue weighted by molar-refractivity contribution is 7.17. The van der Waals surface area contributed by atoms with Crippen molar-refractivity contribution in [3.05, 3.63) is 63.8 Å². The Kier molecular flexibility index (Phi) is 6.18. The van der Waals surface area contributed by atoms with Crippen LogP contribution in [0.5, 0.6) is 5.75 Å². The van der Waals surface area contributed by atoms with E-state index in [0.29, 0.717) is 13.0 Å². The lowest BCUT2D eigenvalue weighted by molar-refractivity contribution is -0.148. The molecule has 0 radical (unpaired) electrons. The zero-order chi connectivity index (χ0) is 20.2. The molecule has 3 aromatic rings. The second-order valence-corrected chi connectivity index (χ2v) is 8.73. The fourth-order valence-electron chi connectivity index (χ4n) is 3.52. The highest BCUT2D eigenvalue weighted by Gasteiger charge is 2.24. The van der Waals surface area contributed by atoms with E-state index in [4.69, 9.17) is 14.6 Å². The van der Waals surface area contributed by atoms with E-state index >= 15 is 0 Å². The van der Waals surface area contributed by atoms with E-state index in [1.807, 2.05) is 24.3 Å². The van der Waals surface area contributed by atoms with Crippen molar-refractivity contribution in [3.8, 4) is 5.75 Å². The molecule has 29 heavy (non-hydrogen) atoms. The number of nitrogens with zero attached hydrogens (tertiary/aromatic N) is 1. The second kappa shape index (κ2) is 8.98. The molecule has 7 heteroatoms. The topological polar surface area (TPSA) is 59.0 Å². The van der Waals surface area contributed by atoms with Gasteiger partial charge in [0.25, 0.3) is 0 Å². The molecule has 0 saturated heterocycles. The normalized spacial score (nSPS) is 13.6. The van der Waals surface area contributed by atoms with Crippen molar-refractivity contribution in [2.75, 3.05) is 25.2 Å². The Balaban J connectivity index is 1.29. The van der Waals surface area contributed by atoms with Crippen molar-refractivity contribution < 1.29 is 19.4 Å². The van der Waals surface area contributed by atoms with Crippen LogP contribution < -0.4 is 9.64 Å². The minimum absolute atomic E-state index is 0.341. The number of rotatable bonds is 9. The lowest BCUT2D eigenvalue weighted by Gasteiger charge is -2.28. The Morgan fingerprint density at radius 3 is 2.34 bits per heavy atom. The number of carboxylic acid groups (broad SMARTS) is 1. The first-order valence-electron chi connectivity index (χ1n) is 9.53. The van der Waals surface area contributed by atoms with Gasteiger partial charge in [-0.2, -0.15) is 0 Å². The maximum Gasteiger partial charge on any atom is 0.333 e. The smallest absolute Gasteiger partial charge is 0.333 e. The van der Waals surface area contributed by atoms with Crippen molar-refractivity contribution in [2.24, 2.45) is 0 Å². The quantitative estimate of drug-likeness (QED) is 0.487. The van der Waals surface area contributed by atoms with Crippen LogP contribution in [0.15, 0.2) is 47.2 Å². The highest BCUT2D eigenvalue weighted by Crippen LogP contribution is 2.44. The van der Waals surface area contributed by atoms with Crippen molar-refractivity contribution >= 4 is 38.6 Å². The summed E-state index contributed by atoms with van der Waals surface area (Å²) in [6.45, 7) is 1.56. The largest absolute Gasteiger partial charge is 0.494 e. The molecule has 0 bridgehead atoms. The Hall–Kier alpha value is -2.35. The summed E-state index contributed by atoms with van der Waals surface area (Å²) in [5.41, 5.74) is 3.73. The van der Waals surface area contributed by atoms with Crippen molar-refractivity contribution in [2.45, 2.75) is 25.4 Å². The predicted molar refractivity (Wildman–Crippen MR) is 117 cm³/mol. The second-order valence-electron chi connectivity index (χ2n) is 6.94. The number of anilines is 2. The van der Waals surface area contributed by atoms with Crippen molar-refractivity contribution in [1.29, 1.82) is 0 Å². The molecular formula is C22H23NO4S2. The van der Waals surface area contributed by atoms with Crippen LogP contribution in [-0.4, -0.2) is 37.4 Å². The summed E-state index contributed by atoms with van der Waals surface area (Å²) in [7, 11) is 1.41. The molecule has 5 nitrogen and oxygen atoms in total. The monoisotopic (exact) mass is 429 g/mol. The number of methoxy groups -OCH3 is 1. The minimum Gasteiger partial charge on any atom is -0.494 e. The van der Waals surface area contributed by atoms with Gasteiger partial charge in [0.05, 0.1) is 16.6 Å². The zero-order valence-electron chi connectivity index (χ0n) is 16.2. The Bertz CT molecular complexity index is 923. The lowest BCUT2D eigenvalue weighted by atomic mass is 10.1. The van der Waals surface area contributed by atoms with E-state index in [1.54, 1.807) is 22.7 Å². The van der Waals surface area contributed by atoms with Crippen LogP contribution in [-0.2, 0) is 22.4 Å². The Morgan fingerprint density at radius 2 is 1.76 bits per heavy atom. The molecule has 0 fully saturated rings. The van der Waals surface area contributed by atoms with Crippen LogP contribution in [0.25, 0.3) is 0 Å². The third-order valence-electron chi connectivity index (χ3n) is 5.02. The molecule has 1 N–H and O–H groups in total. The molecule has 1 atom stereocenters. The maximum absolute atomic E-state index is 11.1. The molecular weight excluding hydrogens is 406 g/mol. The average Bonchev–Trinajstić information content (AvgIpc) is 3.38. The molecule has 1 unspecified atom stereocenters. The van der Waals surface area contributed by atoms with Gasteiger partial charge in [0.2, 0.25) is 0 Å². The number of thiophene rings is 2. The fraction of sp³-hybridized carbons (Fsp3) is 0.318. The molecule has 3 heterocycles. The number of carbonyl (C=O) groups is 1. The molecule has 1 aromatic carbocycles. The molecule has 0 amide bonds. The van der Waals surface area contributed by atoms with Gasteiger partial charge in [0.15, 0.2) is 6.10 Å². The van der Waals surface area contributed by atoms with Crippen LogP contribution in [0.3, 0.4) is 0 Å². The fourth-order valence-corrected chi connectivity index (χ4v) is 5.50. The summed E-state index contributed by atoms with van der Waals surface area (Å²) >= 11 is 3.61. The molecule has 0 saturated carbocycles. The summed E-state index contributed by atoms with van der Waals surface area (Å²) < 4.78 is 10.9. The number of hydrogen-bond acceptors (Lipinski definition) is 6. The molecule has 152 valence electrons. The van der Waals surface area contributed by atoms with Crippen LogP contribution in [0.4, 0.5) is 10.0 Å². The summed E-state index contributed by atoms with van der Waals surface area (Å²) in [6, 6.07) is 12.0. The molecule has 2 aromatic heterocycles. The Labute approximate surface area is 178 Å². The molecule has 0 aliphatic carbocycles. The molecule has 1 aliphatic heterocycles. The first-order chi connectivity index (χ1) is 14.2. The van der Waals surface area contributed by atoms with Gasteiger partial charge in [-0.3, -0.25) is 0 Å². The summed E-state index contributed by atoms with van der Waals surface area (Å²) in [6.07, 6.45) is 1.47. The van der Waals surface area contributed by atoms with Crippen LogP contribution in [0.1, 0.15) is 23.1 Å². The average molecular weight is 430 g/mol. The minimum atomic E-state index is -0.951. The van der Waals surface area contributed by atoms with E-state index < -0.39 is 12.1 Å². The standard InChI is InChI=1S/C22H23NO4S2/c1-26-19(22(24)25)13-15-3-5-18(6-4-15)27-10-2-9-23-20-16(7-11-28-20)14-17-8-12-29-21(17)23/h3-8,11-12,19H,2,9-10,13-14H2,1H3,(H,24,25). The first-order valence-corrected chi connectivity index (χ1v) is 11.3. The number of fused-ring (bicyclic) bond motifs is 2. The highest BCUT2D eigenvalue weighted by atomic mass is 32.1. The van der Waals surface area contributed by atoms with E-state index in [0.717, 1.165) is 30.7 Å². The van der Waals surface area contributed by atoms with Gasteiger partial charge in [-0.05, 0) is 58.1 Å². The number of hydrogen-bond donors (Lipinski definition) is 1. The van der Waals surface area contributed by atoms with Gasteiger partial charge in [0.1, 0.15) is 5.75 Å². The number of aliphatic carboxylic acids is 1. The number of benzene rings is 1. The predicted octanol–water partition coefficient (Wildman–Crippen LogP) is 4.96. The Morgan fingerprint density at radius 1 is 1.10 bits per heavy atom. The van der Waals surface area contributed by atoms with Crippen LogP contribution in [0.2, 0.25) is 0 Å². The van der Waals surface area contributed by atoms with Crippen LogP contribution in [0, 0.1) is 0 Å². The van der Waals surface area contributed by atoms with Crippen molar-refractivity contribution in [3.63, 3.8) is 0 Å². The van der Waals surface area contributed by atoms with Gasteiger partial charge in [-0.15, -0.1) is 22.7 Å². The molecule has 1 aliphatic rings. The molecule has 0 spiro atoms. The summed E-state index contributed by atoms with van der Waals surface area (Å²) in [5.74, 6) is -0.154. The third-order valence-corrected chi connectivity index (χ3v) is 6.97. The van der Waals surface area contributed by atoms with Crippen LogP contribution >= 0.6 is 22.7 Å². The molecule has 4 rings (SSSR count). The SMILES string of the molecule is COC(Cc1ccc(OCCCN2c3sccc3Cc3ccsc32)cc1)C(=O)O. The first kappa shape index (κ1) is 19.9. The summed E-state index contributed by atoms with van der Waals surface area (Å²) in [5, 5.41) is 16.1. The van der Waals surface area contributed by atoms with Gasteiger partial charge in [-0.1, -0.05) is 12.1 Å². The van der Waals surface area contributed by atoms with Gasteiger partial charge in [-0.25, -0.2) is 4.79 Å². The van der Waals surface area contributed by atoms with E-state index in [9.17, 15) is 4.79 Å². The maximum atomic E-state index is 11.1. The zero-order valence-corrected chi connectivity index (χ0v) is 17.8. The van der Waals surface area contributed by atoms with Gasteiger partial charge >= 0.3 is 5.97 Å². The van der Waals surface area contributed by atoms with E-state index in [-0.39, 0.29) is 0 Å². The van der Waals surface area contributed by atoms with Gasteiger partial charge < -0.3 is 19.5 Å². The van der Waals surface area contributed by atoms with Gasteiger partial charge in [0, 0.05) is 26.5 Å². The third kappa shape index (κ3) is 4.47. The number of carboxylic acids is 1.